The van der Waals surface area contributed by atoms with Crippen molar-refractivity contribution in [1.82, 2.24) is 0 Å². The zero-order valence-corrected chi connectivity index (χ0v) is 13.8. The van der Waals surface area contributed by atoms with E-state index in [0.717, 1.165) is 28.4 Å². The van der Waals surface area contributed by atoms with Crippen molar-refractivity contribution >= 4 is 23.3 Å². The van der Waals surface area contributed by atoms with Crippen LogP contribution >= 0.6 is 11.6 Å². The molecule has 0 radical (unpaired) electrons. The van der Waals surface area contributed by atoms with Crippen LogP contribution in [0.5, 0.6) is 0 Å². The van der Waals surface area contributed by atoms with Gasteiger partial charge in [-0.1, -0.05) is 35.9 Å². The molecule has 0 saturated heterocycles. The smallest absolute Gasteiger partial charge is 0.310 e. The van der Waals surface area contributed by atoms with E-state index in [9.17, 15) is 4.79 Å². The molecule has 0 bridgehead atoms. The highest BCUT2D eigenvalue weighted by Crippen LogP contribution is 2.14. The summed E-state index contributed by atoms with van der Waals surface area (Å²) in [6.45, 7) is 2.95. The summed E-state index contributed by atoms with van der Waals surface area (Å²) in [5.41, 5.74) is 3.12. The van der Waals surface area contributed by atoms with Gasteiger partial charge in [-0.3, -0.25) is 4.79 Å². The van der Waals surface area contributed by atoms with Crippen LogP contribution in [0.2, 0.25) is 5.02 Å². The molecule has 1 N–H and O–H groups in total. The van der Waals surface area contributed by atoms with Gasteiger partial charge in [0.05, 0.1) is 13.0 Å². The van der Waals surface area contributed by atoms with Crippen LogP contribution in [0.15, 0.2) is 48.5 Å². The summed E-state index contributed by atoms with van der Waals surface area (Å²) in [6.07, 6.45) is 0.311. The Morgan fingerprint density at radius 3 is 2.23 bits per heavy atom. The number of nitrogens with one attached hydrogen (secondary N) is 1. The van der Waals surface area contributed by atoms with E-state index in [0.29, 0.717) is 13.0 Å². The number of ether oxygens (including phenoxy) is 1. The maximum atomic E-state index is 11.4. The number of hydrogen-bond donors (Lipinski definition) is 1. The quantitative estimate of drug-likeness (QED) is 0.800. The number of rotatable bonds is 6. The van der Waals surface area contributed by atoms with Gasteiger partial charge in [-0.25, -0.2) is 0 Å². The van der Waals surface area contributed by atoms with Gasteiger partial charge in [-0.2, -0.15) is 0 Å². The minimum absolute atomic E-state index is 0. The van der Waals surface area contributed by atoms with E-state index in [-0.39, 0.29) is 18.4 Å². The van der Waals surface area contributed by atoms with Crippen LogP contribution in [-0.2, 0) is 22.5 Å². The van der Waals surface area contributed by atoms with E-state index in [2.05, 4.69) is 5.32 Å². The summed E-state index contributed by atoms with van der Waals surface area (Å²) in [7, 11) is 0. The third-order valence-corrected chi connectivity index (χ3v) is 3.27. The molecule has 0 aliphatic rings. The zero-order chi connectivity index (χ0) is 15.1. The first-order valence-electron chi connectivity index (χ1n) is 6.90. The second kappa shape index (κ2) is 9.34. The van der Waals surface area contributed by atoms with E-state index >= 15 is 0 Å². The SMILES string of the molecule is CCOC(=O)Cc1ccc(NCc2ccc(Cl)cc2)cc1.[Cl-]. The minimum Gasteiger partial charge on any atom is -1.00 e. The monoisotopic (exact) mass is 338 g/mol. The molecule has 0 fully saturated rings. The van der Waals surface area contributed by atoms with Gasteiger partial charge in [0.15, 0.2) is 0 Å². The van der Waals surface area contributed by atoms with Crippen molar-refractivity contribution in [1.29, 1.82) is 0 Å². The van der Waals surface area contributed by atoms with Gasteiger partial charge in [0.2, 0.25) is 0 Å². The van der Waals surface area contributed by atoms with Gasteiger partial charge in [-0.15, -0.1) is 0 Å². The van der Waals surface area contributed by atoms with Crippen LogP contribution < -0.4 is 17.7 Å². The van der Waals surface area contributed by atoms with Crippen LogP contribution in [0.4, 0.5) is 5.69 Å². The topological polar surface area (TPSA) is 38.3 Å². The third kappa shape index (κ3) is 5.96. The molecule has 0 aromatic heterocycles. The normalized spacial score (nSPS) is 9.73. The van der Waals surface area contributed by atoms with Crippen LogP contribution in [0.1, 0.15) is 18.1 Å². The van der Waals surface area contributed by atoms with E-state index in [1.165, 1.54) is 0 Å². The number of esters is 1. The largest absolute Gasteiger partial charge is 1.00 e. The average molecular weight is 339 g/mol. The highest BCUT2D eigenvalue weighted by molar-refractivity contribution is 6.30. The molecule has 2 rings (SSSR count). The molecule has 5 heteroatoms. The second-order valence-corrected chi connectivity index (χ2v) is 5.10. The maximum Gasteiger partial charge on any atom is 0.310 e. The summed E-state index contributed by atoms with van der Waals surface area (Å²) >= 11 is 5.85. The Balaban J connectivity index is 0.00000242. The molecule has 22 heavy (non-hydrogen) atoms. The first-order valence-corrected chi connectivity index (χ1v) is 7.28. The summed E-state index contributed by atoms with van der Waals surface area (Å²) in [5.74, 6) is -0.195. The molecule has 0 spiro atoms. The van der Waals surface area contributed by atoms with Crippen molar-refractivity contribution < 1.29 is 21.9 Å². The van der Waals surface area contributed by atoms with E-state index in [4.69, 9.17) is 16.3 Å². The molecule has 0 heterocycles. The van der Waals surface area contributed by atoms with Gasteiger partial charge in [0, 0.05) is 17.3 Å². The van der Waals surface area contributed by atoms with Crippen LogP contribution in [0.3, 0.4) is 0 Å². The highest BCUT2D eigenvalue weighted by atomic mass is 35.5. The molecule has 0 aliphatic carbocycles. The van der Waals surface area contributed by atoms with E-state index in [1.54, 1.807) is 0 Å². The van der Waals surface area contributed by atoms with E-state index in [1.807, 2.05) is 55.5 Å². The molecule has 2 aromatic rings. The lowest BCUT2D eigenvalue weighted by molar-refractivity contribution is -0.142. The van der Waals surface area contributed by atoms with Crippen molar-refractivity contribution in [2.75, 3.05) is 11.9 Å². The Labute approximate surface area is 142 Å². The van der Waals surface area contributed by atoms with Crippen molar-refractivity contribution in [2.45, 2.75) is 19.9 Å². The predicted octanol–water partition coefficient (Wildman–Crippen LogP) is 1.06. The van der Waals surface area contributed by atoms with Gasteiger partial charge < -0.3 is 22.5 Å². The highest BCUT2D eigenvalue weighted by Gasteiger charge is 2.03. The molecule has 118 valence electrons. The Hall–Kier alpha value is -1.71. The molecule has 2 aromatic carbocycles. The minimum atomic E-state index is -0.195. The van der Waals surface area contributed by atoms with E-state index < -0.39 is 0 Å². The van der Waals surface area contributed by atoms with Gasteiger partial charge >= 0.3 is 5.97 Å². The second-order valence-electron chi connectivity index (χ2n) is 4.66. The Bertz CT molecular complexity index is 583. The third-order valence-electron chi connectivity index (χ3n) is 3.02. The average Bonchev–Trinajstić information content (AvgIpc) is 2.48. The molecule has 3 nitrogen and oxygen atoms in total. The number of carbonyl (C=O) groups excluding carboxylic acids is 1. The summed E-state index contributed by atoms with van der Waals surface area (Å²) in [5, 5.41) is 4.06. The molecule has 0 amide bonds. The Morgan fingerprint density at radius 2 is 1.64 bits per heavy atom. The fraction of sp³-hybridized carbons (Fsp3) is 0.235. The molecular formula is C17H18Cl2NO2-. The summed E-state index contributed by atoms with van der Waals surface area (Å²) in [4.78, 5) is 11.4. The fourth-order valence-corrected chi connectivity index (χ4v) is 2.05. The van der Waals surface area contributed by atoms with Crippen molar-refractivity contribution in [3.63, 3.8) is 0 Å². The van der Waals surface area contributed by atoms with Crippen molar-refractivity contribution in [3.05, 3.63) is 64.7 Å². The maximum absolute atomic E-state index is 11.4. The molecule has 0 aliphatic heterocycles. The number of anilines is 1. The molecule has 0 saturated carbocycles. The summed E-state index contributed by atoms with van der Waals surface area (Å²) < 4.78 is 4.93. The first-order chi connectivity index (χ1) is 10.2. The molecular weight excluding hydrogens is 321 g/mol. The van der Waals surface area contributed by atoms with Crippen molar-refractivity contribution in [3.8, 4) is 0 Å². The van der Waals surface area contributed by atoms with Crippen molar-refractivity contribution in [2.24, 2.45) is 0 Å². The zero-order valence-electron chi connectivity index (χ0n) is 12.3. The lowest BCUT2D eigenvalue weighted by Crippen LogP contribution is -3.00. The Morgan fingerprint density at radius 1 is 1.05 bits per heavy atom. The summed E-state index contributed by atoms with van der Waals surface area (Å²) in [6, 6.07) is 15.5. The Kier molecular flexibility index (Phi) is 7.78. The first kappa shape index (κ1) is 18.3. The van der Waals surface area contributed by atoms with Gasteiger partial charge in [0.1, 0.15) is 0 Å². The number of carbonyl (C=O) groups is 1. The number of hydrogen-bond acceptors (Lipinski definition) is 3. The molecule has 0 unspecified atom stereocenters. The van der Waals surface area contributed by atoms with Gasteiger partial charge in [-0.05, 0) is 42.3 Å². The van der Waals surface area contributed by atoms with Gasteiger partial charge in [0.25, 0.3) is 0 Å². The van der Waals surface area contributed by atoms with Crippen LogP contribution in [0.25, 0.3) is 0 Å². The fourth-order valence-electron chi connectivity index (χ4n) is 1.93. The predicted molar refractivity (Wildman–Crippen MR) is 85.6 cm³/mol. The standard InChI is InChI=1S/C17H18ClNO2.ClH/c1-2-21-17(20)11-13-5-9-16(10-6-13)19-12-14-3-7-15(18)8-4-14;/h3-10,19H,2,11-12H2,1H3;1H/p-1. The molecule has 0 atom stereocenters. The van der Waals surface area contributed by atoms with Crippen LogP contribution in [0, 0.1) is 0 Å². The lowest BCUT2D eigenvalue weighted by atomic mass is 10.1. The van der Waals surface area contributed by atoms with Crippen LogP contribution in [-0.4, -0.2) is 12.6 Å². The number of benzene rings is 2. The number of halogens is 2. The lowest BCUT2D eigenvalue weighted by Gasteiger charge is -2.08.